The molecule has 0 spiro atoms. The van der Waals surface area contributed by atoms with Crippen LogP contribution in [-0.4, -0.2) is 53.1 Å². The number of morpholine rings is 1. The van der Waals surface area contributed by atoms with Gasteiger partial charge in [-0.15, -0.1) is 0 Å². The molecular formula is C28H25FN6O4. The van der Waals surface area contributed by atoms with Gasteiger partial charge in [0.05, 0.1) is 18.8 Å². The lowest BCUT2D eigenvalue weighted by Gasteiger charge is -2.26. The number of pyridine rings is 2. The van der Waals surface area contributed by atoms with Gasteiger partial charge in [-0.3, -0.25) is 10.1 Å². The number of hydrogen-bond acceptors (Lipinski definition) is 7. The van der Waals surface area contributed by atoms with E-state index in [0.717, 1.165) is 0 Å². The number of carbonyl (C=O) groups excluding carboxylic acids is 2. The summed E-state index contributed by atoms with van der Waals surface area (Å²) in [6.45, 7) is 1.95. The van der Waals surface area contributed by atoms with E-state index in [1.165, 1.54) is 30.6 Å². The Labute approximate surface area is 223 Å². The monoisotopic (exact) mass is 528 g/mol. The molecule has 11 heteroatoms. The van der Waals surface area contributed by atoms with Gasteiger partial charge < -0.3 is 25.0 Å². The molecule has 0 aliphatic carbocycles. The summed E-state index contributed by atoms with van der Waals surface area (Å²) < 4.78 is 25.9. The van der Waals surface area contributed by atoms with Crippen molar-refractivity contribution >= 4 is 34.9 Å². The first-order chi connectivity index (χ1) is 19.0. The Morgan fingerprint density at radius 2 is 1.69 bits per heavy atom. The lowest BCUT2D eigenvalue weighted by molar-refractivity contribution is 0.0564. The second-order valence-electron chi connectivity index (χ2n) is 8.50. The number of amides is 3. The third-order valence-electron chi connectivity index (χ3n) is 5.77. The number of anilines is 4. The molecule has 2 aromatic heterocycles. The minimum Gasteiger partial charge on any atom is -0.454 e. The largest absolute Gasteiger partial charge is 0.454 e. The molecule has 3 heterocycles. The Hall–Kier alpha value is -5.03. The van der Waals surface area contributed by atoms with Crippen LogP contribution >= 0.6 is 0 Å². The molecule has 1 aliphatic rings. The maximum Gasteiger partial charge on any atom is 0.323 e. The highest BCUT2D eigenvalue weighted by Gasteiger charge is 2.18. The van der Waals surface area contributed by atoms with E-state index in [0.29, 0.717) is 49.0 Å². The van der Waals surface area contributed by atoms with Gasteiger partial charge in [-0.05, 0) is 42.5 Å². The fraction of sp³-hybridized carbons (Fsp3) is 0.143. The van der Waals surface area contributed by atoms with Crippen LogP contribution in [0.4, 0.5) is 32.2 Å². The van der Waals surface area contributed by atoms with Crippen LogP contribution in [0.25, 0.3) is 0 Å². The van der Waals surface area contributed by atoms with Gasteiger partial charge in [0.15, 0.2) is 11.6 Å². The average Bonchev–Trinajstić information content (AvgIpc) is 2.96. The molecule has 1 aliphatic heterocycles. The highest BCUT2D eigenvalue weighted by Crippen LogP contribution is 2.29. The number of hydrogen-bond donors (Lipinski definition) is 3. The maximum atomic E-state index is 15.0. The maximum absolute atomic E-state index is 15.0. The minimum atomic E-state index is -0.637. The number of halogens is 1. The van der Waals surface area contributed by atoms with Crippen molar-refractivity contribution in [3.8, 4) is 11.5 Å². The summed E-state index contributed by atoms with van der Waals surface area (Å²) in [5.74, 6) is -0.173. The molecule has 1 fully saturated rings. The van der Waals surface area contributed by atoms with Crippen molar-refractivity contribution in [1.82, 2.24) is 14.9 Å². The van der Waals surface area contributed by atoms with Crippen molar-refractivity contribution in [1.29, 1.82) is 0 Å². The summed E-state index contributed by atoms with van der Waals surface area (Å²) in [6.07, 6.45) is 3.00. The highest BCUT2D eigenvalue weighted by molar-refractivity contribution is 6.07. The van der Waals surface area contributed by atoms with Crippen LogP contribution in [0.1, 0.15) is 10.4 Å². The van der Waals surface area contributed by atoms with Crippen molar-refractivity contribution in [2.75, 3.05) is 42.3 Å². The van der Waals surface area contributed by atoms with E-state index in [-0.39, 0.29) is 29.3 Å². The number of ether oxygens (including phenoxy) is 2. The van der Waals surface area contributed by atoms with E-state index >= 15 is 0 Å². The zero-order chi connectivity index (χ0) is 27.0. The average molecular weight is 529 g/mol. The Morgan fingerprint density at radius 3 is 2.49 bits per heavy atom. The second-order valence-corrected chi connectivity index (χ2v) is 8.50. The van der Waals surface area contributed by atoms with Gasteiger partial charge in [-0.25, -0.2) is 19.2 Å². The van der Waals surface area contributed by atoms with Gasteiger partial charge in [0.25, 0.3) is 5.91 Å². The van der Waals surface area contributed by atoms with Gasteiger partial charge in [-0.1, -0.05) is 18.2 Å². The van der Waals surface area contributed by atoms with Crippen molar-refractivity contribution < 1.29 is 23.5 Å². The minimum absolute atomic E-state index is 0.0275. The van der Waals surface area contributed by atoms with Gasteiger partial charge in [0, 0.05) is 49.0 Å². The number of nitrogens with one attached hydrogen (secondary N) is 3. The lowest BCUT2D eigenvalue weighted by Crippen LogP contribution is -2.43. The number of para-hydroxylation sites is 1. The summed E-state index contributed by atoms with van der Waals surface area (Å²) >= 11 is 0. The van der Waals surface area contributed by atoms with Crippen LogP contribution in [0.15, 0.2) is 85.2 Å². The third-order valence-corrected chi connectivity index (χ3v) is 5.77. The summed E-state index contributed by atoms with van der Waals surface area (Å²) in [5, 5.41) is 8.52. The number of urea groups is 1. The van der Waals surface area contributed by atoms with E-state index < -0.39 is 5.82 Å². The molecule has 39 heavy (non-hydrogen) atoms. The Morgan fingerprint density at radius 1 is 0.872 bits per heavy atom. The Bertz CT molecular complexity index is 1460. The molecule has 3 amide bonds. The van der Waals surface area contributed by atoms with Crippen LogP contribution in [-0.2, 0) is 4.74 Å². The quantitative estimate of drug-likeness (QED) is 0.299. The van der Waals surface area contributed by atoms with E-state index in [1.807, 2.05) is 18.2 Å². The Kier molecular flexibility index (Phi) is 7.89. The van der Waals surface area contributed by atoms with E-state index in [2.05, 4.69) is 25.9 Å². The summed E-state index contributed by atoms with van der Waals surface area (Å²) in [4.78, 5) is 35.2. The van der Waals surface area contributed by atoms with Crippen molar-refractivity contribution in [3.05, 3.63) is 96.6 Å². The van der Waals surface area contributed by atoms with Crippen LogP contribution < -0.4 is 20.7 Å². The summed E-state index contributed by atoms with van der Waals surface area (Å²) in [7, 11) is 0. The number of rotatable bonds is 7. The summed E-state index contributed by atoms with van der Waals surface area (Å²) in [6, 6.07) is 19.4. The molecule has 5 rings (SSSR count). The first-order valence-corrected chi connectivity index (χ1v) is 12.2. The van der Waals surface area contributed by atoms with Gasteiger partial charge in [0.1, 0.15) is 17.4 Å². The second kappa shape index (κ2) is 12.0. The zero-order valence-corrected chi connectivity index (χ0v) is 20.8. The fourth-order valence-electron chi connectivity index (χ4n) is 3.83. The molecule has 0 unspecified atom stereocenters. The standard InChI is InChI=1S/C28H25FN6O4/c29-23-17-20(32-26-22(7-4-11-31-26)27(36)33-19-5-2-1-3-6-19)8-9-24(23)39-21-10-12-30-25(18-21)34-28(37)35-13-15-38-16-14-35/h1-12,17-18H,13-16H2,(H,31,32)(H,33,36)(H,30,34,37). The molecule has 2 aromatic carbocycles. The highest BCUT2D eigenvalue weighted by atomic mass is 19.1. The molecule has 0 saturated carbocycles. The van der Waals surface area contributed by atoms with Crippen LogP contribution in [0.2, 0.25) is 0 Å². The van der Waals surface area contributed by atoms with Crippen molar-refractivity contribution in [3.63, 3.8) is 0 Å². The number of nitrogens with zero attached hydrogens (tertiary/aromatic N) is 3. The van der Waals surface area contributed by atoms with Gasteiger partial charge in [-0.2, -0.15) is 0 Å². The molecule has 4 aromatic rings. The van der Waals surface area contributed by atoms with Crippen molar-refractivity contribution in [2.45, 2.75) is 0 Å². The van der Waals surface area contributed by atoms with Crippen molar-refractivity contribution in [2.24, 2.45) is 0 Å². The first kappa shape index (κ1) is 25.6. The van der Waals surface area contributed by atoms with E-state index in [4.69, 9.17) is 9.47 Å². The third kappa shape index (κ3) is 6.65. The molecule has 10 nitrogen and oxygen atoms in total. The molecule has 0 atom stereocenters. The molecule has 198 valence electrons. The number of carbonyl (C=O) groups is 2. The first-order valence-electron chi connectivity index (χ1n) is 12.2. The predicted molar refractivity (Wildman–Crippen MR) is 144 cm³/mol. The van der Waals surface area contributed by atoms with Crippen LogP contribution in [0.3, 0.4) is 0 Å². The van der Waals surface area contributed by atoms with E-state index in [9.17, 15) is 14.0 Å². The molecule has 0 radical (unpaired) electrons. The van der Waals surface area contributed by atoms with E-state index in [1.54, 1.807) is 41.3 Å². The molecule has 1 saturated heterocycles. The normalized spacial score (nSPS) is 12.9. The number of benzene rings is 2. The molecule has 3 N–H and O–H groups in total. The number of aromatic nitrogens is 2. The lowest BCUT2D eigenvalue weighted by atomic mass is 10.2. The Balaban J connectivity index is 1.25. The van der Waals surface area contributed by atoms with Crippen LogP contribution in [0, 0.1) is 5.82 Å². The smallest absolute Gasteiger partial charge is 0.323 e. The van der Waals surface area contributed by atoms with Gasteiger partial charge in [0.2, 0.25) is 0 Å². The van der Waals surface area contributed by atoms with Gasteiger partial charge >= 0.3 is 6.03 Å². The van der Waals surface area contributed by atoms with Crippen LogP contribution in [0.5, 0.6) is 11.5 Å². The SMILES string of the molecule is O=C(Nc1ccccc1)c1cccnc1Nc1ccc(Oc2ccnc(NC(=O)N3CCOCC3)c2)c(F)c1. The fourth-order valence-corrected chi connectivity index (χ4v) is 3.83. The summed E-state index contributed by atoms with van der Waals surface area (Å²) in [5.41, 5.74) is 1.32. The molecular weight excluding hydrogens is 503 g/mol. The molecule has 0 bridgehead atoms. The zero-order valence-electron chi connectivity index (χ0n) is 20.8. The predicted octanol–water partition coefficient (Wildman–Crippen LogP) is 5.27. The topological polar surface area (TPSA) is 118 Å².